The zero-order valence-corrected chi connectivity index (χ0v) is 14.5. The predicted molar refractivity (Wildman–Crippen MR) is 89.0 cm³/mol. The van der Waals surface area contributed by atoms with Gasteiger partial charge in [-0.05, 0) is 18.9 Å². The number of carbonyl (C=O) groups excluding carboxylic acids is 1. The molecule has 2 heterocycles. The number of hydrogen-bond donors (Lipinski definition) is 3. The molecule has 25 heavy (non-hydrogen) atoms. The van der Waals surface area contributed by atoms with E-state index in [4.69, 9.17) is 4.18 Å². The van der Waals surface area contributed by atoms with Crippen LogP contribution in [-0.2, 0) is 19.3 Å². The van der Waals surface area contributed by atoms with E-state index < -0.39 is 22.5 Å². The first-order valence-corrected chi connectivity index (χ1v) is 9.10. The first-order valence-electron chi connectivity index (χ1n) is 7.69. The Labute approximate surface area is 144 Å². The maximum absolute atomic E-state index is 11.5. The molecule has 1 saturated carbocycles. The van der Waals surface area contributed by atoms with E-state index in [1.165, 1.54) is 20.3 Å². The Morgan fingerprint density at radius 1 is 1.40 bits per heavy atom. The van der Waals surface area contributed by atoms with Gasteiger partial charge in [-0.15, -0.1) is 0 Å². The molecule has 11 heteroatoms. The molecule has 10 nitrogen and oxygen atoms in total. The monoisotopic (exact) mass is 369 g/mol. The van der Waals surface area contributed by atoms with Crippen molar-refractivity contribution in [3.8, 4) is 0 Å². The van der Waals surface area contributed by atoms with Crippen molar-refractivity contribution in [2.24, 2.45) is 0 Å². The Balaban J connectivity index is 1.87. The minimum Gasteiger partial charge on any atom is -0.390 e. The third kappa shape index (κ3) is 3.63. The predicted octanol–water partition coefficient (Wildman–Crippen LogP) is -0.0651. The minimum absolute atomic E-state index is 0.190. The number of hydrogen-bond acceptors (Lipinski definition) is 7. The summed E-state index contributed by atoms with van der Waals surface area (Å²) in [5.41, 5.74) is 0.591. The smallest absolute Gasteiger partial charge is 0.335 e. The largest absolute Gasteiger partial charge is 0.390 e. The Morgan fingerprint density at radius 3 is 2.84 bits per heavy atom. The van der Waals surface area contributed by atoms with E-state index in [-0.39, 0.29) is 11.9 Å². The quantitative estimate of drug-likeness (QED) is 0.671. The van der Waals surface area contributed by atoms with Gasteiger partial charge in [0, 0.05) is 26.2 Å². The summed E-state index contributed by atoms with van der Waals surface area (Å²) in [4.78, 5) is 19.6. The van der Waals surface area contributed by atoms with Crippen molar-refractivity contribution in [1.82, 2.24) is 19.3 Å². The SMILES string of the molecule is CNS(=O)(=O)O[C@H]1C[C@H](n2ccc3c(NC(C)=O)ncnc32)C[C@@H]1O. The molecular formula is C14H19N5O5S. The van der Waals surface area contributed by atoms with E-state index in [1.54, 1.807) is 12.3 Å². The summed E-state index contributed by atoms with van der Waals surface area (Å²) in [5.74, 6) is 0.162. The molecule has 1 aliphatic rings. The average Bonchev–Trinajstić information content (AvgIpc) is 3.11. The summed E-state index contributed by atoms with van der Waals surface area (Å²) in [5, 5.41) is 13.5. The third-order valence-corrected chi connectivity index (χ3v) is 5.15. The second-order valence-electron chi connectivity index (χ2n) is 5.85. The Morgan fingerprint density at radius 2 is 2.16 bits per heavy atom. The molecule has 0 aliphatic heterocycles. The maximum Gasteiger partial charge on any atom is 0.335 e. The van der Waals surface area contributed by atoms with Gasteiger partial charge in [-0.2, -0.15) is 13.1 Å². The lowest BCUT2D eigenvalue weighted by Crippen LogP contribution is -2.31. The number of aliphatic hydroxyl groups excluding tert-OH is 1. The average molecular weight is 369 g/mol. The zero-order valence-electron chi connectivity index (χ0n) is 13.7. The lowest BCUT2D eigenvalue weighted by atomic mass is 10.2. The molecule has 0 spiro atoms. The Bertz CT molecular complexity index is 896. The molecule has 0 aromatic carbocycles. The summed E-state index contributed by atoms with van der Waals surface area (Å²) in [7, 11) is -2.64. The van der Waals surface area contributed by atoms with Gasteiger partial charge in [-0.3, -0.25) is 8.98 Å². The van der Waals surface area contributed by atoms with Crippen LogP contribution in [-0.4, -0.2) is 53.2 Å². The molecule has 3 N–H and O–H groups in total. The molecule has 3 rings (SSSR count). The fraction of sp³-hybridized carbons (Fsp3) is 0.500. The lowest BCUT2D eigenvalue weighted by Gasteiger charge is -2.15. The third-order valence-electron chi connectivity index (χ3n) is 4.14. The number of carbonyl (C=O) groups is 1. The van der Waals surface area contributed by atoms with Gasteiger partial charge in [0.2, 0.25) is 5.91 Å². The van der Waals surface area contributed by atoms with Gasteiger partial charge in [0.1, 0.15) is 23.9 Å². The van der Waals surface area contributed by atoms with Gasteiger partial charge in [0.15, 0.2) is 0 Å². The zero-order chi connectivity index (χ0) is 18.2. The number of nitrogens with one attached hydrogen (secondary N) is 2. The molecule has 2 aromatic rings. The molecule has 0 bridgehead atoms. The summed E-state index contributed by atoms with van der Waals surface area (Å²) in [6, 6.07) is 1.58. The highest BCUT2D eigenvalue weighted by Crippen LogP contribution is 2.35. The van der Waals surface area contributed by atoms with Crippen LogP contribution in [0.1, 0.15) is 25.8 Å². The fourth-order valence-electron chi connectivity index (χ4n) is 3.03. The van der Waals surface area contributed by atoms with Crippen molar-refractivity contribution in [2.45, 2.75) is 38.0 Å². The van der Waals surface area contributed by atoms with E-state index in [1.807, 2.05) is 4.57 Å². The molecule has 1 amide bonds. The van der Waals surface area contributed by atoms with Crippen molar-refractivity contribution < 1.29 is 22.5 Å². The molecule has 1 aliphatic carbocycles. The molecule has 0 saturated heterocycles. The Kier molecular flexibility index (Phi) is 4.73. The number of anilines is 1. The molecule has 3 atom stereocenters. The van der Waals surface area contributed by atoms with Crippen molar-refractivity contribution in [1.29, 1.82) is 0 Å². The molecular weight excluding hydrogens is 350 g/mol. The van der Waals surface area contributed by atoms with Crippen LogP contribution in [0, 0.1) is 0 Å². The summed E-state index contributed by atoms with van der Waals surface area (Å²) >= 11 is 0. The molecule has 0 unspecified atom stereocenters. The van der Waals surface area contributed by atoms with Gasteiger partial charge < -0.3 is 15.0 Å². The van der Waals surface area contributed by atoms with Crippen molar-refractivity contribution in [3.63, 3.8) is 0 Å². The van der Waals surface area contributed by atoms with Crippen LogP contribution in [0.4, 0.5) is 5.82 Å². The molecule has 0 radical (unpaired) electrons. The van der Waals surface area contributed by atoms with E-state index in [2.05, 4.69) is 20.0 Å². The fourth-order valence-corrected chi connectivity index (χ4v) is 3.65. The summed E-state index contributed by atoms with van der Waals surface area (Å²) in [6.45, 7) is 1.39. The van der Waals surface area contributed by atoms with Gasteiger partial charge in [0.25, 0.3) is 0 Å². The number of fused-ring (bicyclic) bond motifs is 1. The Hall–Kier alpha value is -2.08. The summed E-state index contributed by atoms with van der Waals surface area (Å²) in [6.07, 6.45) is 2.00. The summed E-state index contributed by atoms with van der Waals surface area (Å²) < 4.78 is 32.0. The number of aromatic nitrogens is 3. The van der Waals surface area contributed by atoms with Crippen LogP contribution in [0.3, 0.4) is 0 Å². The van der Waals surface area contributed by atoms with Gasteiger partial charge in [-0.1, -0.05) is 0 Å². The van der Waals surface area contributed by atoms with Crippen LogP contribution in [0.25, 0.3) is 11.0 Å². The standard InChI is InChI=1S/C14H19N5O5S/c1-8(20)18-13-10-3-4-19(14(10)17-7-16-13)9-5-11(21)12(6-9)24-25(22,23)15-2/h3-4,7,9,11-12,15,21H,5-6H2,1-2H3,(H,16,17,18,20)/t9-,11+,12+/m1/s1. The van der Waals surface area contributed by atoms with Crippen molar-refractivity contribution in [3.05, 3.63) is 18.6 Å². The van der Waals surface area contributed by atoms with E-state index >= 15 is 0 Å². The molecule has 2 aromatic heterocycles. The first kappa shape index (κ1) is 17.7. The molecule has 136 valence electrons. The highest BCUT2D eigenvalue weighted by Gasteiger charge is 2.38. The lowest BCUT2D eigenvalue weighted by molar-refractivity contribution is -0.114. The van der Waals surface area contributed by atoms with Crippen LogP contribution in [0.5, 0.6) is 0 Å². The highest BCUT2D eigenvalue weighted by atomic mass is 32.2. The van der Waals surface area contributed by atoms with Gasteiger partial charge in [0.05, 0.1) is 11.5 Å². The number of aliphatic hydroxyl groups is 1. The number of rotatable bonds is 5. The second-order valence-corrected chi connectivity index (χ2v) is 7.36. The molecule has 1 fully saturated rings. The normalized spacial score (nSPS) is 23.9. The van der Waals surface area contributed by atoms with Crippen LogP contribution >= 0.6 is 0 Å². The topological polar surface area (TPSA) is 135 Å². The van der Waals surface area contributed by atoms with Gasteiger partial charge in [-0.25, -0.2) is 9.97 Å². The number of amides is 1. The second kappa shape index (κ2) is 6.67. The van der Waals surface area contributed by atoms with Crippen LogP contribution in [0.2, 0.25) is 0 Å². The van der Waals surface area contributed by atoms with E-state index in [9.17, 15) is 18.3 Å². The van der Waals surface area contributed by atoms with Crippen LogP contribution in [0.15, 0.2) is 18.6 Å². The van der Waals surface area contributed by atoms with E-state index in [0.29, 0.717) is 29.7 Å². The van der Waals surface area contributed by atoms with Crippen molar-refractivity contribution in [2.75, 3.05) is 12.4 Å². The maximum atomic E-state index is 11.5. The highest BCUT2D eigenvalue weighted by molar-refractivity contribution is 7.84. The number of nitrogens with zero attached hydrogens (tertiary/aromatic N) is 3. The van der Waals surface area contributed by atoms with E-state index in [0.717, 1.165) is 0 Å². The van der Waals surface area contributed by atoms with Crippen LogP contribution < -0.4 is 10.0 Å². The van der Waals surface area contributed by atoms with Gasteiger partial charge >= 0.3 is 10.3 Å². The first-order chi connectivity index (χ1) is 11.8. The minimum atomic E-state index is -3.88. The van der Waals surface area contributed by atoms with Crippen molar-refractivity contribution >= 4 is 33.1 Å².